The van der Waals surface area contributed by atoms with Crippen LogP contribution in [-0.2, 0) is 0 Å². The number of anilines is 1. The van der Waals surface area contributed by atoms with Gasteiger partial charge in [0, 0.05) is 0 Å². The lowest BCUT2D eigenvalue weighted by Gasteiger charge is -2.10. The fourth-order valence-electron chi connectivity index (χ4n) is 1.38. The number of hydrogen-bond donors (Lipinski definition) is 2. The van der Waals surface area contributed by atoms with Crippen molar-refractivity contribution in [2.75, 3.05) is 5.32 Å². The molecule has 0 amide bonds. The van der Waals surface area contributed by atoms with Crippen LogP contribution in [0, 0.1) is 6.92 Å². The Labute approximate surface area is 103 Å². The fourth-order valence-corrected chi connectivity index (χ4v) is 1.38. The molecule has 0 aromatic carbocycles. The minimum absolute atomic E-state index is 0.0971. The zero-order valence-electron chi connectivity index (χ0n) is 9.91. The SMILES string of the molecule is Cc1cnc(C(C)Nc2ccc(C(=O)O)nn2)o1. The Balaban J connectivity index is 2.07. The number of carboxylic acids is 1. The molecule has 0 fully saturated rings. The van der Waals surface area contributed by atoms with Crippen molar-refractivity contribution in [3.8, 4) is 0 Å². The number of hydrogen-bond acceptors (Lipinski definition) is 6. The molecule has 1 unspecified atom stereocenters. The first-order chi connectivity index (χ1) is 8.56. The fraction of sp³-hybridized carbons (Fsp3) is 0.273. The molecule has 0 saturated heterocycles. The third kappa shape index (κ3) is 2.62. The molecular weight excluding hydrogens is 236 g/mol. The van der Waals surface area contributed by atoms with Gasteiger partial charge in [-0.3, -0.25) is 0 Å². The van der Waals surface area contributed by atoms with Gasteiger partial charge < -0.3 is 14.8 Å². The van der Waals surface area contributed by atoms with E-state index < -0.39 is 5.97 Å². The first kappa shape index (κ1) is 12.0. The van der Waals surface area contributed by atoms with Crippen LogP contribution in [0.15, 0.2) is 22.7 Å². The summed E-state index contributed by atoms with van der Waals surface area (Å²) in [5.41, 5.74) is -0.0971. The van der Waals surface area contributed by atoms with Crippen LogP contribution in [0.2, 0.25) is 0 Å². The summed E-state index contributed by atoms with van der Waals surface area (Å²) in [5.74, 6) is 0.622. The third-order valence-corrected chi connectivity index (χ3v) is 2.26. The first-order valence-corrected chi connectivity index (χ1v) is 5.32. The van der Waals surface area contributed by atoms with E-state index in [0.29, 0.717) is 11.7 Å². The van der Waals surface area contributed by atoms with Gasteiger partial charge in [0.2, 0.25) is 5.89 Å². The molecule has 0 radical (unpaired) electrons. The molecule has 0 spiro atoms. The number of rotatable bonds is 4. The van der Waals surface area contributed by atoms with Crippen LogP contribution >= 0.6 is 0 Å². The summed E-state index contributed by atoms with van der Waals surface area (Å²) in [7, 11) is 0. The van der Waals surface area contributed by atoms with E-state index in [4.69, 9.17) is 9.52 Å². The van der Waals surface area contributed by atoms with Gasteiger partial charge in [-0.05, 0) is 26.0 Å². The van der Waals surface area contributed by atoms with E-state index in [2.05, 4.69) is 20.5 Å². The second-order valence-corrected chi connectivity index (χ2v) is 3.78. The van der Waals surface area contributed by atoms with E-state index in [9.17, 15) is 4.79 Å². The quantitative estimate of drug-likeness (QED) is 0.848. The first-order valence-electron chi connectivity index (χ1n) is 5.32. The maximum absolute atomic E-state index is 10.6. The zero-order valence-corrected chi connectivity index (χ0v) is 9.91. The molecule has 7 nitrogen and oxygen atoms in total. The van der Waals surface area contributed by atoms with Gasteiger partial charge in [0.15, 0.2) is 5.69 Å². The average molecular weight is 248 g/mol. The molecular formula is C11H12N4O3. The van der Waals surface area contributed by atoms with E-state index in [0.717, 1.165) is 5.76 Å². The van der Waals surface area contributed by atoms with Crippen molar-refractivity contribution >= 4 is 11.8 Å². The van der Waals surface area contributed by atoms with E-state index in [1.165, 1.54) is 6.07 Å². The van der Waals surface area contributed by atoms with Gasteiger partial charge in [0.25, 0.3) is 0 Å². The Bertz CT molecular complexity index is 550. The molecule has 7 heteroatoms. The Hall–Kier alpha value is -2.44. The van der Waals surface area contributed by atoms with E-state index in [1.807, 2.05) is 13.8 Å². The Kier molecular flexibility index (Phi) is 3.22. The van der Waals surface area contributed by atoms with Crippen molar-refractivity contribution in [3.05, 3.63) is 35.7 Å². The maximum atomic E-state index is 10.6. The Morgan fingerprint density at radius 2 is 2.22 bits per heavy atom. The van der Waals surface area contributed by atoms with Crippen molar-refractivity contribution in [1.82, 2.24) is 15.2 Å². The zero-order chi connectivity index (χ0) is 13.1. The van der Waals surface area contributed by atoms with Gasteiger partial charge in [-0.25, -0.2) is 9.78 Å². The summed E-state index contributed by atoms with van der Waals surface area (Å²) in [4.78, 5) is 14.7. The summed E-state index contributed by atoms with van der Waals surface area (Å²) < 4.78 is 5.36. The Morgan fingerprint density at radius 3 is 2.72 bits per heavy atom. The van der Waals surface area contributed by atoms with Gasteiger partial charge in [-0.15, -0.1) is 10.2 Å². The number of aromatic nitrogens is 3. The Morgan fingerprint density at radius 1 is 1.44 bits per heavy atom. The molecule has 2 heterocycles. The van der Waals surface area contributed by atoms with Crippen molar-refractivity contribution < 1.29 is 14.3 Å². The minimum Gasteiger partial charge on any atom is -0.476 e. The summed E-state index contributed by atoms with van der Waals surface area (Å²) in [6, 6.07) is 2.75. The number of aryl methyl sites for hydroxylation is 1. The van der Waals surface area contributed by atoms with Gasteiger partial charge in [-0.1, -0.05) is 0 Å². The van der Waals surface area contributed by atoms with Crippen molar-refractivity contribution in [1.29, 1.82) is 0 Å². The normalized spacial score (nSPS) is 12.1. The smallest absolute Gasteiger partial charge is 0.356 e. The molecule has 18 heavy (non-hydrogen) atoms. The summed E-state index contributed by atoms with van der Waals surface area (Å²) in [6.07, 6.45) is 1.63. The summed E-state index contributed by atoms with van der Waals surface area (Å²) in [6.45, 7) is 3.67. The third-order valence-electron chi connectivity index (χ3n) is 2.26. The van der Waals surface area contributed by atoms with Crippen LogP contribution in [0.3, 0.4) is 0 Å². The second-order valence-electron chi connectivity index (χ2n) is 3.78. The van der Waals surface area contributed by atoms with E-state index in [1.54, 1.807) is 12.3 Å². The van der Waals surface area contributed by atoms with Gasteiger partial charge >= 0.3 is 5.97 Å². The lowest BCUT2D eigenvalue weighted by atomic mass is 10.3. The molecule has 1 atom stereocenters. The highest BCUT2D eigenvalue weighted by molar-refractivity contribution is 5.85. The van der Waals surface area contributed by atoms with Crippen molar-refractivity contribution in [3.63, 3.8) is 0 Å². The van der Waals surface area contributed by atoms with Crippen LogP contribution in [0.4, 0.5) is 5.82 Å². The van der Waals surface area contributed by atoms with Crippen LogP contribution < -0.4 is 5.32 Å². The number of carboxylic acid groups (broad SMARTS) is 1. The molecule has 0 aliphatic rings. The highest BCUT2D eigenvalue weighted by Crippen LogP contribution is 2.16. The van der Waals surface area contributed by atoms with Crippen molar-refractivity contribution in [2.24, 2.45) is 0 Å². The average Bonchev–Trinajstić information content (AvgIpc) is 2.76. The summed E-state index contributed by atoms with van der Waals surface area (Å²) in [5, 5.41) is 19.0. The topological polar surface area (TPSA) is 101 Å². The molecule has 2 rings (SSSR count). The molecule has 2 aromatic heterocycles. The summed E-state index contributed by atoms with van der Waals surface area (Å²) >= 11 is 0. The molecule has 0 bridgehead atoms. The minimum atomic E-state index is -1.11. The molecule has 0 saturated carbocycles. The van der Waals surface area contributed by atoms with Crippen LogP contribution in [0.5, 0.6) is 0 Å². The molecule has 0 aliphatic carbocycles. The van der Waals surface area contributed by atoms with E-state index >= 15 is 0 Å². The standard InChI is InChI=1S/C11H12N4O3/c1-6-5-12-10(18-6)7(2)13-9-4-3-8(11(16)17)14-15-9/h3-5,7H,1-2H3,(H,13,15)(H,16,17). The number of oxazole rings is 1. The lowest BCUT2D eigenvalue weighted by molar-refractivity contribution is 0.0689. The number of nitrogens with one attached hydrogen (secondary N) is 1. The van der Waals surface area contributed by atoms with Crippen LogP contribution in [0.25, 0.3) is 0 Å². The lowest BCUT2D eigenvalue weighted by Crippen LogP contribution is -2.10. The number of aromatic carboxylic acids is 1. The van der Waals surface area contributed by atoms with Crippen LogP contribution in [-0.4, -0.2) is 26.3 Å². The monoisotopic (exact) mass is 248 g/mol. The molecule has 94 valence electrons. The molecule has 2 aromatic rings. The number of nitrogens with zero attached hydrogens (tertiary/aromatic N) is 3. The second kappa shape index (κ2) is 4.82. The van der Waals surface area contributed by atoms with Crippen LogP contribution in [0.1, 0.15) is 35.1 Å². The van der Waals surface area contributed by atoms with Gasteiger partial charge in [-0.2, -0.15) is 0 Å². The predicted octanol–water partition coefficient (Wildman–Crippen LogP) is 1.64. The largest absolute Gasteiger partial charge is 0.476 e. The highest BCUT2D eigenvalue weighted by atomic mass is 16.4. The van der Waals surface area contributed by atoms with Gasteiger partial charge in [0.1, 0.15) is 17.6 Å². The maximum Gasteiger partial charge on any atom is 0.356 e. The molecule has 0 aliphatic heterocycles. The highest BCUT2D eigenvalue weighted by Gasteiger charge is 2.12. The predicted molar refractivity (Wildman–Crippen MR) is 62.3 cm³/mol. The van der Waals surface area contributed by atoms with Crippen molar-refractivity contribution in [2.45, 2.75) is 19.9 Å². The van der Waals surface area contributed by atoms with Gasteiger partial charge in [0.05, 0.1) is 6.20 Å². The van der Waals surface area contributed by atoms with E-state index in [-0.39, 0.29) is 11.7 Å². The molecule has 2 N–H and O–H groups in total. The number of carbonyl (C=O) groups is 1.